The summed E-state index contributed by atoms with van der Waals surface area (Å²) in [6.45, 7) is 5.26. The Bertz CT molecular complexity index is 1890. The van der Waals surface area contributed by atoms with Crippen molar-refractivity contribution in [1.82, 2.24) is 28.8 Å². The third kappa shape index (κ3) is 3.87. The van der Waals surface area contributed by atoms with Crippen LogP contribution in [0.2, 0.25) is 10.0 Å². The van der Waals surface area contributed by atoms with E-state index >= 15 is 0 Å². The fourth-order valence-corrected chi connectivity index (χ4v) is 6.34. The van der Waals surface area contributed by atoms with Crippen LogP contribution in [0.4, 0.5) is 11.6 Å². The molecular formula is C29H25Cl2N7O2. The standard InChI is InChI=1S/C29H25Cl2N7O2/c1-16(2)25(39)36-14-17-12-18(6-7-20(17)29(15-36)8-9-29)34-27-33-13-19-24(35-27)37-11-10-32-28(37)38(26(19)40)23-21(30)4-3-5-22(23)31/h3-7,10-13,16H,8-9,14-15H2,1-2H3,(H,33,34,35). The Hall–Kier alpha value is -3.95. The number of amides is 1. The van der Waals surface area contributed by atoms with Crippen molar-refractivity contribution in [1.29, 1.82) is 0 Å². The van der Waals surface area contributed by atoms with Crippen LogP contribution in [-0.4, -0.2) is 41.3 Å². The largest absolute Gasteiger partial charge is 0.337 e. The average molecular weight is 574 g/mol. The van der Waals surface area contributed by atoms with Crippen molar-refractivity contribution in [2.75, 3.05) is 11.9 Å². The van der Waals surface area contributed by atoms with Gasteiger partial charge in [0.15, 0.2) is 5.65 Å². The van der Waals surface area contributed by atoms with Gasteiger partial charge in [-0.05, 0) is 48.2 Å². The van der Waals surface area contributed by atoms with E-state index in [0.29, 0.717) is 39.7 Å². The van der Waals surface area contributed by atoms with Gasteiger partial charge in [-0.2, -0.15) is 4.98 Å². The molecule has 1 aliphatic heterocycles. The zero-order valence-electron chi connectivity index (χ0n) is 21.9. The molecule has 5 aromatic rings. The summed E-state index contributed by atoms with van der Waals surface area (Å²) in [4.78, 5) is 42.0. The number of hydrogen-bond donors (Lipinski definition) is 1. The van der Waals surface area contributed by atoms with Crippen LogP contribution in [0.5, 0.6) is 0 Å². The lowest BCUT2D eigenvalue weighted by molar-refractivity contribution is -0.136. The van der Waals surface area contributed by atoms with Gasteiger partial charge < -0.3 is 10.2 Å². The number of carbonyl (C=O) groups excluding carboxylic acids is 1. The third-order valence-corrected chi connectivity index (χ3v) is 8.47. The molecule has 11 heteroatoms. The number of para-hydroxylation sites is 1. The monoisotopic (exact) mass is 573 g/mol. The Morgan fingerprint density at radius 1 is 1.10 bits per heavy atom. The molecule has 1 fully saturated rings. The first-order valence-electron chi connectivity index (χ1n) is 13.1. The number of halogens is 2. The topological polar surface area (TPSA) is 97.4 Å². The smallest absolute Gasteiger partial charge is 0.270 e. The second-order valence-corrected chi connectivity index (χ2v) is 11.7. The predicted octanol–water partition coefficient (Wildman–Crippen LogP) is 5.51. The maximum atomic E-state index is 13.6. The van der Waals surface area contributed by atoms with E-state index in [1.54, 1.807) is 35.0 Å². The molecule has 40 heavy (non-hydrogen) atoms. The molecule has 7 rings (SSSR count). The molecule has 1 saturated carbocycles. The van der Waals surface area contributed by atoms with Crippen molar-refractivity contribution in [3.05, 3.63) is 86.5 Å². The predicted molar refractivity (Wildman–Crippen MR) is 155 cm³/mol. The van der Waals surface area contributed by atoms with Crippen molar-refractivity contribution in [3.8, 4) is 5.69 Å². The van der Waals surface area contributed by atoms with Crippen LogP contribution in [0, 0.1) is 5.92 Å². The number of carbonyl (C=O) groups is 1. The second kappa shape index (κ2) is 9.04. The molecule has 2 aromatic carbocycles. The molecule has 1 amide bonds. The first-order valence-corrected chi connectivity index (χ1v) is 13.9. The summed E-state index contributed by atoms with van der Waals surface area (Å²) in [6.07, 6.45) is 7.00. The number of imidazole rings is 1. The Morgan fingerprint density at radius 2 is 1.88 bits per heavy atom. The number of hydrogen-bond acceptors (Lipinski definition) is 6. The fraction of sp³-hybridized carbons (Fsp3) is 0.276. The summed E-state index contributed by atoms with van der Waals surface area (Å²) in [6, 6.07) is 11.3. The maximum Gasteiger partial charge on any atom is 0.270 e. The van der Waals surface area contributed by atoms with Gasteiger partial charge in [0.25, 0.3) is 5.56 Å². The number of benzene rings is 2. The van der Waals surface area contributed by atoms with Crippen LogP contribution in [0.3, 0.4) is 0 Å². The summed E-state index contributed by atoms with van der Waals surface area (Å²) >= 11 is 12.9. The molecule has 1 N–H and O–H groups in total. The first-order chi connectivity index (χ1) is 19.3. The highest BCUT2D eigenvalue weighted by atomic mass is 35.5. The van der Waals surface area contributed by atoms with Gasteiger partial charge in [0.1, 0.15) is 5.39 Å². The fourth-order valence-electron chi connectivity index (χ4n) is 5.77. The highest BCUT2D eigenvalue weighted by Gasteiger charge is 2.50. The minimum atomic E-state index is -0.381. The van der Waals surface area contributed by atoms with Gasteiger partial charge in [-0.25, -0.2) is 14.5 Å². The Morgan fingerprint density at radius 3 is 2.60 bits per heavy atom. The number of nitrogens with zero attached hydrogens (tertiary/aromatic N) is 6. The zero-order chi connectivity index (χ0) is 27.8. The SMILES string of the molecule is CC(C)C(=O)N1Cc2cc(Nc3ncc4c(=O)n(-c5c(Cl)cccc5Cl)c5nccn5c4n3)ccc2C2(CC2)C1. The van der Waals surface area contributed by atoms with Gasteiger partial charge in [0.05, 0.1) is 15.7 Å². The van der Waals surface area contributed by atoms with Crippen LogP contribution < -0.4 is 10.9 Å². The van der Waals surface area contributed by atoms with E-state index in [0.717, 1.165) is 30.6 Å². The van der Waals surface area contributed by atoms with E-state index in [1.807, 2.05) is 24.8 Å². The van der Waals surface area contributed by atoms with Gasteiger partial charge >= 0.3 is 0 Å². The molecule has 1 spiro atoms. The Kier molecular flexibility index (Phi) is 5.66. The second-order valence-electron chi connectivity index (χ2n) is 10.9. The molecule has 202 valence electrons. The van der Waals surface area contributed by atoms with Gasteiger partial charge in [-0.15, -0.1) is 0 Å². The summed E-state index contributed by atoms with van der Waals surface area (Å²) in [5, 5.41) is 4.23. The first kappa shape index (κ1) is 25.0. The highest BCUT2D eigenvalue weighted by Crippen LogP contribution is 2.53. The average Bonchev–Trinajstić information content (AvgIpc) is 3.51. The molecule has 0 saturated heterocycles. The van der Waals surface area contributed by atoms with E-state index in [1.165, 1.54) is 16.3 Å². The lowest BCUT2D eigenvalue weighted by atomic mass is 9.86. The molecule has 1 aliphatic carbocycles. The van der Waals surface area contributed by atoms with Crippen LogP contribution in [0.1, 0.15) is 37.8 Å². The molecule has 0 radical (unpaired) electrons. The van der Waals surface area contributed by atoms with E-state index in [-0.39, 0.29) is 28.2 Å². The molecular weight excluding hydrogens is 549 g/mol. The van der Waals surface area contributed by atoms with Crippen LogP contribution in [0.15, 0.2) is 59.8 Å². The van der Waals surface area contributed by atoms with Gasteiger partial charge in [0, 0.05) is 48.7 Å². The van der Waals surface area contributed by atoms with Gasteiger partial charge in [-0.1, -0.05) is 49.2 Å². The van der Waals surface area contributed by atoms with Crippen molar-refractivity contribution in [3.63, 3.8) is 0 Å². The number of rotatable bonds is 4. The lowest BCUT2D eigenvalue weighted by Gasteiger charge is -2.36. The molecule has 9 nitrogen and oxygen atoms in total. The summed E-state index contributed by atoms with van der Waals surface area (Å²) in [5.74, 6) is 0.808. The van der Waals surface area contributed by atoms with E-state index in [2.05, 4.69) is 32.4 Å². The van der Waals surface area contributed by atoms with E-state index in [9.17, 15) is 9.59 Å². The maximum absolute atomic E-state index is 13.6. The van der Waals surface area contributed by atoms with Gasteiger partial charge in [-0.3, -0.25) is 14.0 Å². The number of fused-ring (bicyclic) bond motifs is 5. The summed E-state index contributed by atoms with van der Waals surface area (Å²) in [7, 11) is 0. The quantitative estimate of drug-likeness (QED) is 0.304. The Labute approximate surface area is 239 Å². The third-order valence-electron chi connectivity index (χ3n) is 7.86. The lowest BCUT2D eigenvalue weighted by Crippen LogP contribution is -2.43. The van der Waals surface area contributed by atoms with Crippen molar-refractivity contribution < 1.29 is 4.79 Å². The minimum Gasteiger partial charge on any atom is -0.337 e. The van der Waals surface area contributed by atoms with Crippen LogP contribution in [-0.2, 0) is 16.8 Å². The van der Waals surface area contributed by atoms with Crippen molar-refractivity contribution in [2.24, 2.45) is 5.92 Å². The number of aromatic nitrogens is 5. The highest BCUT2D eigenvalue weighted by molar-refractivity contribution is 6.37. The number of anilines is 2. The Balaban J connectivity index is 1.28. The van der Waals surface area contributed by atoms with Crippen LogP contribution in [0.25, 0.3) is 22.5 Å². The van der Waals surface area contributed by atoms with Crippen LogP contribution >= 0.6 is 23.2 Å². The van der Waals surface area contributed by atoms with E-state index < -0.39 is 0 Å². The molecule has 0 unspecified atom stereocenters. The minimum absolute atomic E-state index is 0.0387. The molecule has 0 bridgehead atoms. The number of nitrogens with one attached hydrogen (secondary N) is 1. The molecule has 0 atom stereocenters. The normalized spacial score (nSPS) is 15.7. The van der Waals surface area contributed by atoms with Crippen molar-refractivity contribution in [2.45, 2.75) is 38.6 Å². The van der Waals surface area contributed by atoms with E-state index in [4.69, 9.17) is 23.2 Å². The summed E-state index contributed by atoms with van der Waals surface area (Å²) in [5.41, 5.74) is 3.72. The molecule has 4 heterocycles. The molecule has 2 aliphatic rings. The van der Waals surface area contributed by atoms with Gasteiger partial charge in [0.2, 0.25) is 17.6 Å². The molecule has 3 aromatic heterocycles. The zero-order valence-corrected chi connectivity index (χ0v) is 23.4. The summed E-state index contributed by atoms with van der Waals surface area (Å²) < 4.78 is 3.09. The van der Waals surface area contributed by atoms with Crippen molar-refractivity contribution >= 4 is 57.6 Å².